The Labute approximate surface area is 157 Å². The van der Waals surface area contributed by atoms with Crippen LogP contribution in [0.25, 0.3) is 0 Å². The van der Waals surface area contributed by atoms with Crippen molar-refractivity contribution in [3.05, 3.63) is 35.4 Å². The lowest BCUT2D eigenvalue weighted by Crippen LogP contribution is -2.47. The van der Waals surface area contributed by atoms with Crippen LogP contribution in [0.15, 0.2) is 29.3 Å². The van der Waals surface area contributed by atoms with E-state index in [1.54, 1.807) is 13.8 Å². The van der Waals surface area contributed by atoms with Crippen LogP contribution >= 0.6 is 24.0 Å². The van der Waals surface area contributed by atoms with Gasteiger partial charge in [0.15, 0.2) is 15.8 Å². The molecule has 2 N–H and O–H groups in total. The van der Waals surface area contributed by atoms with Crippen LogP contribution in [0.3, 0.4) is 0 Å². The molecule has 0 spiro atoms. The van der Waals surface area contributed by atoms with E-state index in [4.69, 9.17) is 0 Å². The molecule has 0 aromatic heterocycles. The van der Waals surface area contributed by atoms with Crippen molar-refractivity contribution >= 4 is 39.8 Å². The fraction of sp³-hybridized carbons (Fsp3) is 0.562. The van der Waals surface area contributed by atoms with Crippen LogP contribution in [0.5, 0.6) is 0 Å². The second-order valence-corrected chi connectivity index (χ2v) is 8.72. The molecule has 0 bridgehead atoms. The molecular weight excluding hydrogens is 425 g/mol. The third-order valence-electron chi connectivity index (χ3n) is 3.57. The molecule has 0 aliphatic carbocycles. The van der Waals surface area contributed by atoms with E-state index in [2.05, 4.69) is 27.8 Å². The highest BCUT2D eigenvalue weighted by Crippen LogP contribution is 2.13. The summed E-state index contributed by atoms with van der Waals surface area (Å²) >= 11 is 0. The number of benzene rings is 1. The molecule has 0 amide bonds. The average Bonchev–Trinajstić information content (AvgIpc) is 2.42. The van der Waals surface area contributed by atoms with Gasteiger partial charge < -0.3 is 10.6 Å². The van der Waals surface area contributed by atoms with Gasteiger partial charge in [-0.1, -0.05) is 29.8 Å². The van der Waals surface area contributed by atoms with Crippen LogP contribution in [0.1, 0.15) is 31.9 Å². The van der Waals surface area contributed by atoms with E-state index in [9.17, 15) is 8.42 Å². The summed E-state index contributed by atoms with van der Waals surface area (Å²) in [4.78, 5) is 4.50. The van der Waals surface area contributed by atoms with Crippen molar-refractivity contribution in [2.75, 3.05) is 19.3 Å². The van der Waals surface area contributed by atoms with Gasteiger partial charge >= 0.3 is 0 Å². The molecule has 0 saturated heterocycles. The predicted octanol–water partition coefficient (Wildman–Crippen LogP) is 2.49. The Balaban J connectivity index is 0.00000484. The second kappa shape index (κ2) is 9.46. The molecule has 0 heterocycles. The van der Waals surface area contributed by atoms with Gasteiger partial charge in [-0.2, -0.15) is 0 Å². The number of aliphatic imine (C=N–C) groups is 1. The Hall–Kier alpha value is -0.830. The standard InChI is InChI=1S/C16H27N3O2S.HI/c1-6-17-15(19-12-16(3,4)22(5,20)21)18-11-14-9-7-13(2)8-10-14;/h7-10H,6,11-12H2,1-5H3,(H2,17,18,19);1H. The summed E-state index contributed by atoms with van der Waals surface area (Å²) in [5.74, 6) is 0.625. The van der Waals surface area contributed by atoms with Gasteiger partial charge in [0.05, 0.1) is 11.3 Å². The maximum atomic E-state index is 11.7. The van der Waals surface area contributed by atoms with Crippen molar-refractivity contribution in [2.24, 2.45) is 4.99 Å². The summed E-state index contributed by atoms with van der Waals surface area (Å²) < 4.78 is 22.6. The Morgan fingerprint density at radius 2 is 1.74 bits per heavy atom. The molecule has 1 aromatic carbocycles. The zero-order valence-corrected chi connectivity index (χ0v) is 17.7. The minimum atomic E-state index is -3.13. The Morgan fingerprint density at radius 3 is 2.22 bits per heavy atom. The maximum absolute atomic E-state index is 11.7. The van der Waals surface area contributed by atoms with Crippen LogP contribution in [-0.4, -0.2) is 38.5 Å². The van der Waals surface area contributed by atoms with Gasteiger partial charge in [0.2, 0.25) is 0 Å². The van der Waals surface area contributed by atoms with E-state index in [0.717, 1.165) is 12.1 Å². The van der Waals surface area contributed by atoms with Crippen molar-refractivity contribution < 1.29 is 8.42 Å². The van der Waals surface area contributed by atoms with Crippen molar-refractivity contribution in [3.63, 3.8) is 0 Å². The molecule has 5 nitrogen and oxygen atoms in total. The SMILES string of the molecule is CCNC(=NCc1ccc(C)cc1)NCC(C)(C)S(C)(=O)=O.I. The van der Waals surface area contributed by atoms with Crippen molar-refractivity contribution in [1.29, 1.82) is 0 Å². The first kappa shape index (κ1) is 22.2. The molecule has 1 rings (SSSR count). The molecule has 0 atom stereocenters. The molecule has 0 unspecified atom stereocenters. The van der Waals surface area contributed by atoms with Gasteiger partial charge in [-0.25, -0.2) is 13.4 Å². The summed E-state index contributed by atoms with van der Waals surface area (Å²) in [6.45, 7) is 9.02. The van der Waals surface area contributed by atoms with Crippen molar-refractivity contribution in [1.82, 2.24) is 10.6 Å². The van der Waals surface area contributed by atoms with Crippen LogP contribution in [0.4, 0.5) is 0 Å². The van der Waals surface area contributed by atoms with Gasteiger partial charge in [0, 0.05) is 19.3 Å². The lowest BCUT2D eigenvalue weighted by Gasteiger charge is -2.24. The highest BCUT2D eigenvalue weighted by molar-refractivity contribution is 14.0. The molecular formula is C16H28IN3O2S. The van der Waals surface area contributed by atoms with Gasteiger partial charge in [0.1, 0.15) is 0 Å². The van der Waals surface area contributed by atoms with E-state index in [0.29, 0.717) is 19.0 Å². The molecule has 0 radical (unpaired) electrons. The van der Waals surface area contributed by atoms with Crippen molar-refractivity contribution in [3.8, 4) is 0 Å². The number of rotatable bonds is 6. The van der Waals surface area contributed by atoms with Crippen LogP contribution in [0.2, 0.25) is 0 Å². The first-order valence-corrected chi connectivity index (χ1v) is 9.32. The molecule has 0 fully saturated rings. The number of halogens is 1. The Morgan fingerprint density at radius 1 is 1.17 bits per heavy atom. The van der Waals surface area contributed by atoms with Crippen LogP contribution in [0, 0.1) is 6.92 Å². The Kier molecular flexibility index (Phi) is 9.12. The molecule has 132 valence electrons. The predicted molar refractivity (Wildman–Crippen MR) is 108 cm³/mol. The van der Waals surface area contributed by atoms with Crippen LogP contribution in [-0.2, 0) is 16.4 Å². The summed E-state index contributed by atoms with van der Waals surface area (Å²) in [7, 11) is -3.13. The number of aryl methyl sites for hydroxylation is 1. The third-order valence-corrected chi connectivity index (χ3v) is 5.72. The summed E-state index contributed by atoms with van der Waals surface area (Å²) in [6, 6.07) is 8.20. The van der Waals surface area contributed by atoms with Crippen LogP contribution < -0.4 is 10.6 Å². The summed E-state index contributed by atoms with van der Waals surface area (Å²) in [6.07, 6.45) is 1.26. The normalized spacial score (nSPS) is 12.5. The zero-order chi connectivity index (χ0) is 16.8. The first-order valence-electron chi connectivity index (χ1n) is 7.43. The molecule has 1 aromatic rings. The summed E-state index contributed by atoms with van der Waals surface area (Å²) in [5.41, 5.74) is 2.33. The molecule has 0 aliphatic heterocycles. The maximum Gasteiger partial charge on any atom is 0.191 e. The van der Waals surface area contributed by atoms with Gasteiger partial charge in [0.25, 0.3) is 0 Å². The smallest absolute Gasteiger partial charge is 0.191 e. The number of nitrogens with one attached hydrogen (secondary N) is 2. The minimum Gasteiger partial charge on any atom is -0.357 e. The molecule has 0 saturated carbocycles. The second-order valence-electron chi connectivity index (χ2n) is 6.07. The highest BCUT2D eigenvalue weighted by atomic mass is 127. The molecule has 0 aliphatic rings. The highest BCUT2D eigenvalue weighted by Gasteiger charge is 2.30. The minimum absolute atomic E-state index is 0. The van der Waals surface area contributed by atoms with E-state index >= 15 is 0 Å². The first-order chi connectivity index (χ1) is 10.2. The van der Waals surface area contributed by atoms with Gasteiger partial charge in [-0.15, -0.1) is 24.0 Å². The number of nitrogens with zero attached hydrogens (tertiary/aromatic N) is 1. The molecule has 7 heteroatoms. The van der Waals surface area contributed by atoms with Crippen molar-refractivity contribution in [2.45, 2.75) is 39.0 Å². The third kappa shape index (κ3) is 7.52. The topological polar surface area (TPSA) is 70.6 Å². The van der Waals surface area contributed by atoms with E-state index < -0.39 is 14.6 Å². The van der Waals surface area contributed by atoms with Gasteiger partial charge in [-0.05, 0) is 33.3 Å². The number of hydrogen-bond acceptors (Lipinski definition) is 3. The molecule has 23 heavy (non-hydrogen) atoms. The number of sulfone groups is 1. The fourth-order valence-electron chi connectivity index (χ4n) is 1.63. The lowest BCUT2D eigenvalue weighted by molar-refractivity contribution is 0.544. The largest absolute Gasteiger partial charge is 0.357 e. The monoisotopic (exact) mass is 453 g/mol. The van der Waals surface area contributed by atoms with E-state index in [-0.39, 0.29) is 24.0 Å². The van der Waals surface area contributed by atoms with E-state index in [1.165, 1.54) is 11.8 Å². The van der Waals surface area contributed by atoms with E-state index in [1.807, 2.05) is 26.0 Å². The zero-order valence-electron chi connectivity index (χ0n) is 14.5. The number of hydrogen-bond donors (Lipinski definition) is 2. The lowest BCUT2D eigenvalue weighted by atomic mass is 10.1. The summed E-state index contributed by atoms with van der Waals surface area (Å²) in [5, 5.41) is 6.24. The average molecular weight is 453 g/mol. The van der Waals surface area contributed by atoms with Gasteiger partial charge in [-0.3, -0.25) is 0 Å². The number of guanidine groups is 1. The quantitative estimate of drug-likeness (QED) is 0.395. The Bertz CT molecular complexity index is 611. The fourth-order valence-corrected chi connectivity index (χ4v) is 1.97.